The Balaban J connectivity index is 2.69. The maximum atomic E-state index is 8.82. The summed E-state index contributed by atoms with van der Waals surface area (Å²) in [6.45, 7) is 5.80. The van der Waals surface area contributed by atoms with Crippen LogP contribution in [-0.4, -0.2) is 32.9 Å². The number of nitrogens with zero attached hydrogens (tertiary/aromatic N) is 3. The van der Waals surface area contributed by atoms with Crippen molar-refractivity contribution in [1.29, 1.82) is 0 Å². The molecule has 0 bridgehead atoms. The van der Waals surface area contributed by atoms with Gasteiger partial charge in [-0.25, -0.2) is 4.98 Å². The van der Waals surface area contributed by atoms with E-state index in [4.69, 9.17) is 15.6 Å². The van der Waals surface area contributed by atoms with Crippen LogP contribution in [0.4, 0.5) is 5.69 Å². The molecule has 2 heterocycles. The number of aromatic nitrogens is 3. The molecule has 2 aromatic heterocycles. The van der Waals surface area contributed by atoms with E-state index in [9.17, 15) is 0 Å². The first-order valence-corrected chi connectivity index (χ1v) is 5.42. The molecule has 0 spiro atoms. The smallest absolute Gasteiger partial charge is 0.221 e. The van der Waals surface area contributed by atoms with E-state index in [1.165, 1.54) is 0 Å². The molecule has 0 radical (unpaired) electrons. The highest BCUT2D eigenvalue weighted by atomic mass is 16.5. The molecule has 92 valence electrons. The lowest BCUT2D eigenvalue weighted by Gasteiger charge is -2.11. The topological polar surface area (TPSA) is 85.7 Å². The van der Waals surface area contributed by atoms with Crippen molar-refractivity contribution in [3.63, 3.8) is 0 Å². The quantitative estimate of drug-likeness (QED) is 0.815. The molecule has 0 fully saturated rings. The summed E-state index contributed by atoms with van der Waals surface area (Å²) in [5, 5.41) is 13.1. The van der Waals surface area contributed by atoms with Gasteiger partial charge in [-0.3, -0.25) is 0 Å². The van der Waals surface area contributed by atoms with Gasteiger partial charge in [-0.15, -0.1) is 0 Å². The van der Waals surface area contributed by atoms with E-state index in [1.54, 1.807) is 4.52 Å². The first-order chi connectivity index (χ1) is 8.06. The molecule has 6 nitrogen and oxygen atoms in total. The van der Waals surface area contributed by atoms with E-state index in [1.807, 2.05) is 20.8 Å². The van der Waals surface area contributed by atoms with Crippen molar-refractivity contribution < 1.29 is 9.84 Å². The van der Waals surface area contributed by atoms with Gasteiger partial charge in [0.2, 0.25) is 5.88 Å². The largest absolute Gasteiger partial charge is 0.475 e. The van der Waals surface area contributed by atoms with Gasteiger partial charge in [0.15, 0.2) is 5.65 Å². The normalized spacial score (nSPS) is 11.1. The van der Waals surface area contributed by atoms with Crippen molar-refractivity contribution in [3.8, 4) is 5.88 Å². The van der Waals surface area contributed by atoms with Crippen LogP contribution in [0.1, 0.15) is 17.0 Å². The number of hydrogen-bond acceptors (Lipinski definition) is 5. The van der Waals surface area contributed by atoms with Gasteiger partial charge in [0.1, 0.15) is 12.3 Å². The number of anilines is 1. The third kappa shape index (κ3) is 1.80. The average Bonchev–Trinajstić information content (AvgIpc) is 2.57. The van der Waals surface area contributed by atoms with Gasteiger partial charge in [-0.05, 0) is 20.8 Å². The molecule has 0 saturated carbocycles. The first kappa shape index (κ1) is 11.7. The summed E-state index contributed by atoms with van der Waals surface area (Å²) >= 11 is 0. The first-order valence-electron chi connectivity index (χ1n) is 5.42. The summed E-state index contributed by atoms with van der Waals surface area (Å²) in [7, 11) is 0. The van der Waals surface area contributed by atoms with Crippen molar-refractivity contribution in [3.05, 3.63) is 17.0 Å². The second-order valence-corrected chi connectivity index (χ2v) is 3.93. The number of aryl methyl sites for hydroxylation is 2. The molecule has 0 aliphatic carbocycles. The second-order valence-electron chi connectivity index (χ2n) is 3.93. The molecule has 0 unspecified atom stereocenters. The molecule has 17 heavy (non-hydrogen) atoms. The van der Waals surface area contributed by atoms with Crippen molar-refractivity contribution in [1.82, 2.24) is 14.6 Å². The van der Waals surface area contributed by atoms with Gasteiger partial charge in [-0.1, -0.05) is 0 Å². The molecular weight excluding hydrogens is 220 g/mol. The lowest BCUT2D eigenvalue weighted by atomic mass is 10.2. The predicted octanol–water partition coefficient (Wildman–Crippen LogP) is 0.608. The van der Waals surface area contributed by atoms with E-state index < -0.39 is 0 Å². The Bertz CT molecular complexity index is 562. The number of nitrogen functional groups attached to an aromatic ring is 1. The summed E-state index contributed by atoms with van der Waals surface area (Å²) < 4.78 is 7.09. The molecular formula is C11H16N4O2. The molecule has 6 heteroatoms. The SMILES string of the molecule is Cc1nc2c(N)c(C)nn2c(OCCO)c1C. The minimum atomic E-state index is -0.0436. The van der Waals surface area contributed by atoms with Gasteiger partial charge in [-0.2, -0.15) is 9.61 Å². The maximum Gasteiger partial charge on any atom is 0.221 e. The number of ether oxygens (including phenoxy) is 1. The lowest BCUT2D eigenvalue weighted by Crippen LogP contribution is -2.09. The van der Waals surface area contributed by atoms with Crippen LogP contribution in [0.5, 0.6) is 5.88 Å². The zero-order valence-corrected chi connectivity index (χ0v) is 10.2. The summed E-state index contributed by atoms with van der Waals surface area (Å²) in [5.41, 5.74) is 9.52. The molecule has 0 aromatic carbocycles. The number of rotatable bonds is 3. The van der Waals surface area contributed by atoms with E-state index in [-0.39, 0.29) is 13.2 Å². The molecule has 0 aliphatic rings. The van der Waals surface area contributed by atoms with Crippen LogP contribution < -0.4 is 10.5 Å². The van der Waals surface area contributed by atoms with E-state index in [2.05, 4.69) is 10.1 Å². The molecule has 0 atom stereocenters. The standard InChI is InChI=1S/C11H16N4O2/c1-6-7(2)13-10-9(12)8(3)14-15(10)11(6)17-5-4-16/h16H,4-5,12H2,1-3H3. The Labute approximate surface area is 99.0 Å². The zero-order valence-electron chi connectivity index (χ0n) is 10.2. The fraction of sp³-hybridized carbons (Fsp3) is 0.455. The maximum absolute atomic E-state index is 8.82. The fourth-order valence-corrected chi connectivity index (χ4v) is 1.64. The third-order valence-electron chi connectivity index (χ3n) is 2.74. The Morgan fingerprint density at radius 2 is 2.00 bits per heavy atom. The van der Waals surface area contributed by atoms with Gasteiger partial charge < -0.3 is 15.6 Å². The van der Waals surface area contributed by atoms with Gasteiger partial charge in [0.05, 0.1) is 12.3 Å². The molecule has 0 amide bonds. The van der Waals surface area contributed by atoms with Gasteiger partial charge >= 0.3 is 0 Å². The Morgan fingerprint density at radius 1 is 1.29 bits per heavy atom. The van der Waals surface area contributed by atoms with Crippen LogP contribution in [0, 0.1) is 20.8 Å². The Hall–Kier alpha value is -1.82. The number of hydrogen-bond donors (Lipinski definition) is 2. The number of aliphatic hydroxyl groups excluding tert-OH is 1. The highest BCUT2D eigenvalue weighted by Gasteiger charge is 2.15. The van der Waals surface area contributed by atoms with Crippen molar-refractivity contribution >= 4 is 11.3 Å². The van der Waals surface area contributed by atoms with E-state index in [0.717, 1.165) is 17.0 Å². The highest BCUT2D eigenvalue weighted by Crippen LogP contribution is 2.25. The number of fused-ring (bicyclic) bond motifs is 1. The van der Waals surface area contributed by atoms with Crippen molar-refractivity contribution in [2.75, 3.05) is 18.9 Å². The molecule has 2 aromatic rings. The fourth-order valence-electron chi connectivity index (χ4n) is 1.64. The van der Waals surface area contributed by atoms with Crippen LogP contribution in [0.15, 0.2) is 0 Å². The number of aliphatic hydroxyl groups is 1. The number of nitrogens with two attached hydrogens (primary N) is 1. The van der Waals surface area contributed by atoms with Crippen molar-refractivity contribution in [2.24, 2.45) is 0 Å². The summed E-state index contributed by atoms with van der Waals surface area (Å²) in [5.74, 6) is 0.585. The van der Waals surface area contributed by atoms with Crippen LogP contribution >= 0.6 is 0 Å². The molecule has 0 aliphatic heterocycles. The summed E-state index contributed by atoms with van der Waals surface area (Å²) in [4.78, 5) is 4.40. The minimum absolute atomic E-state index is 0.0436. The molecule has 3 N–H and O–H groups in total. The summed E-state index contributed by atoms with van der Waals surface area (Å²) in [6.07, 6.45) is 0. The van der Waals surface area contributed by atoms with Crippen molar-refractivity contribution in [2.45, 2.75) is 20.8 Å². The predicted molar refractivity (Wildman–Crippen MR) is 64.2 cm³/mol. The minimum Gasteiger partial charge on any atom is -0.475 e. The Morgan fingerprint density at radius 3 is 2.65 bits per heavy atom. The van der Waals surface area contributed by atoms with Crippen LogP contribution in [0.25, 0.3) is 5.65 Å². The third-order valence-corrected chi connectivity index (χ3v) is 2.74. The molecule has 0 saturated heterocycles. The highest BCUT2D eigenvalue weighted by molar-refractivity contribution is 5.68. The van der Waals surface area contributed by atoms with E-state index in [0.29, 0.717) is 17.2 Å². The second kappa shape index (κ2) is 4.21. The average molecular weight is 236 g/mol. The van der Waals surface area contributed by atoms with Gasteiger partial charge in [0.25, 0.3) is 0 Å². The molecule has 2 rings (SSSR count). The Kier molecular flexibility index (Phi) is 2.89. The van der Waals surface area contributed by atoms with Crippen LogP contribution in [-0.2, 0) is 0 Å². The van der Waals surface area contributed by atoms with Gasteiger partial charge in [0, 0.05) is 11.3 Å². The zero-order chi connectivity index (χ0) is 12.6. The van der Waals surface area contributed by atoms with E-state index >= 15 is 0 Å². The monoisotopic (exact) mass is 236 g/mol. The van der Waals surface area contributed by atoms with Crippen LogP contribution in [0.3, 0.4) is 0 Å². The summed E-state index contributed by atoms with van der Waals surface area (Å²) in [6, 6.07) is 0. The van der Waals surface area contributed by atoms with Crippen LogP contribution in [0.2, 0.25) is 0 Å². The lowest BCUT2D eigenvalue weighted by molar-refractivity contribution is 0.192.